The lowest BCUT2D eigenvalue weighted by atomic mass is 9.91. The van der Waals surface area contributed by atoms with E-state index in [4.69, 9.17) is 11.6 Å². The van der Waals surface area contributed by atoms with Gasteiger partial charge in [-0.25, -0.2) is 0 Å². The normalized spacial score (nSPS) is 21.7. The number of halogens is 1. The molecule has 1 unspecified atom stereocenters. The van der Waals surface area contributed by atoms with Crippen LogP contribution in [0.25, 0.3) is 0 Å². The van der Waals surface area contributed by atoms with Crippen molar-refractivity contribution in [2.75, 3.05) is 0 Å². The number of nitrogens with zero attached hydrogens (tertiary/aromatic N) is 1. The molecular formula is C20H24ClNO3. The smallest absolute Gasteiger partial charge is 0.290 e. The van der Waals surface area contributed by atoms with Crippen LogP contribution in [0.2, 0.25) is 5.02 Å². The minimum Gasteiger partial charge on any atom is -0.503 e. The molecule has 0 radical (unpaired) electrons. The summed E-state index contributed by atoms with van der Waals surface area (Å²) in [5, 5.41) is 11.1. The summed E-state index contributed by atoms with van der Waals surface area (Å²) in [6, 6.07) is 6.74. The fourth-order valence-corrected chi connectivity index (χ4v) is 4.05. The Bertz CT molecular complexity index is 702. The van der Waals surface area contributed by atoms with Gasteiger partial charge < -0.3 is 10.0 Å². The van der Waals surface area contributed by atoms with Crippen LogP contribution in [0.15, 0.2) is 35.6 Å². The van der Waals surface area contributed by atoms with Crippen molar-refractivity contribution in [2.45, 2.75) is 58.0 Å². The van der Waals surface area contributed by atoms with Gasteiger partial charge in [0.25, 0.3) is 5.91 Å². The van der Waals surface area contributed by atoms with Crippen molar-refractivity contribution in [3.8, 4) is 0 Å². The van der Waals surface area contributed by atoms with E-state index in [2.05, 4.69) is 0 Å². The van der Waals surface area contributed by atoms with Gasteiger partial charge in [-0.2, -0.15) is 0 Å². The maximum atomic E-state index is 12.8. The number of carbonyl (C=O) groups excluding carboxylic acids is 2. The van der Waals surface area contributed by atoms with E-state index in [9.17, 15) is 14.7 Å². The van der Waals surface area contributed by atoms with E-state index >= 15 is 0 Å². The highest BCUT2D eigenvalue weighted by atomic mass is 35.5. The molecule has 4 nitrogen and oxygen atoms in total. The van der Waals surface area contributed by atoms with Gasteiger partial charge in [0, 0.05) is 17.5 Å². The molecule has 25 heavy (non-hydrogen) atoms. The first-order valence-electron chi connectivity index (χ1n) is 8.94. The summed E-state index contributed by atoms with van der Waals surface area (Å²) >= 11 is 6.00. The third-order valence-corrected chi connectivity index (χ3v) is 5.29. The Hall–Kier alpha value is -1.81. The number of Topliss-reactive ketones (excluding diaryl/α,β-unsaturated/α-hetero) is 1. The summed E-state index contributed by atoms with van der Waals surface area (Å²) in [6.45, 7) is 3.91. The Labute approximate surface area is 153 Å². The highest BCUT2D eigenvalue weighted by Crippen LogP contribution is 2.43. The van der Waals surface area contributed by atoms with Crippen LogP contribution in [0.5, 0.6) is 0 Å². The number of hydrogen-bond donors (Lipinski definition) is 1. The first-order valence-corrected chi connectivity index (χ1v) is 9.32. The van der Waals surface area contributed by atoms with Crippen molar-refractivity contribution in [1.29, 1.82) is 0 Å². The highest BCUT2D eigenvalue weighted by Gasteiger charge is 2.46. The van der Waals surface area contributed by atoms with E-state index in [-0.39, 0.29) is 29.1 Å². The van der Waals surface area contributed by atoms with Gasteiger partial charge >= 0.3 is 0 Å². The number of aliphatic hydroxyl groups excluding tert-OH is 1. The van der Waals surface area contributed by atoms with E-state index in [1.807, 2.05) is 26.0 Å². The molecule has 1 fully saturated rings. The number of amides is 1. The zero-order valence-electron chi connectivity index (χ0n) is 14.7. The Morgan fingerprint density at radius 2 is 1.84 bits per heavy atom. The third-order valence-electron chi connectivity index (χ3n) is 5.04. The number of benzene rings is 1. The van der Waals surface area contributed by atoms with Crippen LogP contribution in [0.1, 0.15) is 57.6 Å². The zero-order valence-corrected chi connectivity index (χ0v) is 15.4. The highest BCUT2D eigenvalue weighted by molar-refractivity contribution is 6.30. The van der Waals surface area contributed by atoms with E-state index < -0.39 is 11.9 Å². The van der Waals surface area contributed by atoms with Crippen LogP contribution in [0.4, 0.5) is 0 Å². The molecule has 1 amide bonds. The Morgan fingerprint density at radius 1 is 1.24 bits per heavy atom. The summed E-state index contributed by atoms with van der Waals surface area (Å²) in [5.41, 5.74) is 1.06. The van der Waals surface area contributed by atoms with Crippen molar-refractivity contribution >= 4 is 23.3 Å². The molecule has 5 heteroatoms. The van der Waals surface area contributed by atoms with E-state index in [1.54, 1.807) is 17.0 Å². The molecule has 1 atom stereocenters. The van der Waals surface area contributed by atoms with Gasteiger partial charge in [-0.3, -0.25) is 9.59 Å². The summed E-state index contributed by atoms with van der Waals surface area (Å²) in [6.07, 6.45) is 4.27. The average Bonchev–Trinajstić information content (AvgIpc) is 3.15. The fourth-order valence-electron chi connectivity index (χ4n) is 3.92. The number of rotatable bonds is 5. The van der Waals surface area contributed by atoms with Gasteiger partial charge in [0.1, 0.15) is 0 Å². The van der Waals surface area contributed by atoms with E-state index in [0.29, 0.717) is 11.4 Å². The standard InChI is InChI=1S/C20H24ClNO3/c1-12(2)11-16(23)17-18(13-7-9-14(21)10-8-13)22(20(25)19(17)24)15-5-3-4-6-15/h7-10,12,15,18,24H,3-6,11H2,1-2H3. The second kappa shape index (κ2) is 7.20. The van der Waals surface area contributed by atoms with Crippen LogP contribution in [0.3, 0.4) is 0 Å². The first-order chi connectivity index (χ1) is 11.9. The maximum absolute atomic E-state index is 12.8. The molecule has 1 aliphatic heterocycles. The van der Waals surface area contributed by atoms with Gasteiger partial charge in [-0.1, -0.05) is 50.4 Å². The number of carbonyl (C=O) groups is 2. The van der Waals surface area contributed by atoms with Crippen LogP contribution in [0, 0.1) is 5.92 Å². The van der Waals surface area contributed by atoms with Crippen LogP contribution < -0.4 is 0 Å². The molecule has 2 aliphatic rings. The Balaban J connectivity index is 2.04. The first kappa shape index (κ1) is 18.0. The SMILES string of the molecule is CC(C)CC(=O)C1=C(O)C(=O)N(C2CCCC2)C1c1ccc(Cl)cc1. The molecule has 1 aliphatic carbocycles. The van der Waals surface area contributed by atoms with Gasteiger partial charge in [0.05, 0.1) is 11.6 Å². The number of aliphatic hydroxyl groups is 1. The largest absolute Gasteiger partial charge is 0.503 e. The van der Waals surface area contributed by atoms with Crippen molar-refractivity contribution < 1.29 is 14.7 Å². The maximum Gasteiger partial charge on any atom is 0.290 e. The number of hydrogen-bond acceptors (Lipinski definition) is 3. The van der Waals surface area contributed by atoms with Crippen LogP contribution >= 0.6 is 11.6 Å². The minimum atomic E-state index is -0.515. The molecule has 1 N–H and O–H groups in total. The minimum absolute atomic E-state index is 0.0691. The van der Waals surface area contributed by atoms with Gasteiger partial charge in [-0.05, 0) is 36.5 Å². The lowest BCUT2D eigenvalue weighted by molar-refractivity contribution is -0.131. The second-order valence-corrected chi connectivity index (χ2v) is 7.82. The fraction of sp³-hybridized carbons (Fsp3) is 0.500. The third kappa shape index (κ3) is 3.45. The Morgan fingerprint density at radius 3 is 2.40 bits per heavy atom. The molecule has 0 aromatic heterocycles. The molecule has 1 aromatic rings. The lowest BCUT2D eigenvalue weighted by Crippen LogP contribution is -2.38. The molecular weight excluding hydrogens is 338 g/mol. The van der Waals surface area contributed by atoms with Crippen LogP contribution in [-0.2, 0) is 9.59 Å². The molecule has 1 heterocycles. The quantitative estimate of drug-likeness (QED) is 0.834. The van der Waals surface area contributed by atoms with Crippen molar-refractivity contribution in [1.82, 2.24) is 4.90 Å². The molecule has 0 saturated heterocycles. The predicted octanol–water partition coefficient (Wildman–Crippen LogP) is 4.59. The van der Waals surface area contributed by atoms with Crippen molar-refractivity contribution in [3.05, 3.63) is 46.2 Å². The molecule has 0 bridgehead atoms. The average molecular weight is 362 g/mol. The molecule has 134 valence electrons. The molecule has 0 spiro atoms. The molecule has 1 saturated carbocycles. The summed E-state index contributed by atoms with van der Waals surface area (Å²) < 4.78 is 0. The monoisotopic (exact) mass is 361 g/mol. The second-order valence-electron chi connectivity index (χ2n) is 7.39. The Kier molecular flexibility index (Phi) is 5.19. The molecule has 1 aromatic carbocycles. The zero-order chi connectivity index (χ0) is 18.1. The van der Waals surface area contributed by atoms with Crippen molar-refractivity contribution in [3.63, 3.8) is 0 Å². The topological polar surface area (TPSA) is 57.6 Å². The molecule has 3 rings (SSSR count). The van der Waals surface area contributed by atoms with Crippen molar-refractivity contribution in [2.24, 2.45) is 5.92 Å². The number of ketones is 1. The van der Waals surface area contributed by atoms with Crippen LogP contribution in [-0.4, -0.2) is 27.7 Å². The predicted molar refractivity (Wildman–Crippen MR) is 97.4 cm³/mol. The van der Waals surface area contributed by atoms with Gasteiger partial charge in [0.2, 0.25) is 0 Å². The van der Waals surface area contributed by atoms with Gasteiger partial charge in [-0.15, -0.1) is 0 Å². The van der Waals surface area contributed by atoms with Gasteiger partial charge in [0.15, 0.2) is 11.5 Å². The lowest BCUT2D eigenvalue weighted by Gasteiger charge is -2.32. The summed E-state index contributed by atoms with van der Waals surface area (Å²) in [4.78, 5) is 27.3. The van der Waals surface area contributed by atoms with E-state index in [1.165, 1.54) is 0 Å². The summed E-state index contributed by atoms with van der Waals surface area (Å²) in [5.74, 6) is -0.785. The summed E-state index contributed by atoms with van der Waals surface area (Å²) in [7, 11) is 0. The van der Waals surface area contributed by atoms with E-state index in [0.717, 1.165) is 31.2 Å².